The Kier molecular flexibility index (Phi) is 4.67. The van der Waals surface area contributed by atoms with Crippen LogP contribution in [0.3, 0.4) is 0 Å². The zero-order chi connectivity index (χ0) is 19.7. The number of nitrogens with one attached hydrogen (secondary N) is 1. The minimum absolute atomic E-state index is 0.167. The second kappa shape index (κ2) is 7.29. The third-order valence-corrected chi connectivity index (χ3v) is 4.62. The van der Waals surface area contributed by atoms with Gasteiger partial charge in [0.25, 0.3) is 5.91 Å². The van der Waals surface area contributed by atoms with Crippen LogP contribution in [-0.4, -0.2) is 10.9 Å². The zero-order valence-corrected chi connectivity index (χ0v) is 15.7. The number of halogens is 1. The van der Waals surface area contributed by atoms with Crippen molar-refractivity contribution in [2.45, 2.75) is 6.92 Å². The summed E-state index contributed by atoms with van der Waals surface area (Å²) < 4.78 is 6.07. The van der Waals surface area contributed by atoms with Crippen LogP contribution in [0.2, 0.25) is 5.02 Å². The number of amides is 1. The molecule has 138 valence electrons. The molecule has 0 aliphatic rings. The van der Waals surface area contributed by atoms with E-state index >= 15 is 0 Å². The Bertz CT molecular complexity index is 1230. The highest BCUT2D eigenvalue weighted by molar-refractivity contribution is 6.30. The summed E-state index contributed by atoms with van der Waals surface area (Å²) in [5.41, 5.74) is 1.59. The van der Waals surface area contributed by atoms with Gasteiger partial charge >= 0.3 is 0 Å². The molecule has 4 aromatic rings. The maximum atomic E-state index is 12.9. The summed E-state index contributed by atoms with van der Waals surface area (Å²) in [6.45, 7) is 1.72. The van der Waals surface area contributed by atoms with E-state index in [2.05, 4.69) is 10.3 Å². The maximum Gasteiger partial charge on any atom is 0.260 e. The normalized spacial score (nSPS) is 10.8. The number of hydrogen-bond acceptors (Lipinski definition) is 4. The third kappa shape index (κ3) is 3.28. The topological polar surface area (TPSA) is 72.2 Å². The summed E-state index contributed by atoms with van der Waals surface area (Å²) >= 11 is 5.83. The van der Waals surface area contributed by atoms with E-state index in [0.717, 1.165) is 5.56 Å². The monoisotopic (exact) mass is 390 g/mol. The second-order valence-corrected chi connectivity index (χ2v) is 6.69. The number of aromatic nitrogens is 1. The molecule has 5 nitrogen and oxygen atoms in total. The SMILES string of the molecule is Cc1c(-c2ccccc2)oc2c(C(=O)Nc3ccc(Cl)cn3)cccc2c1=O. The Balaban J connectivity index is 1.85. The van der Waals surface area contributed by atoms with Crippen molar-refractivity contribution in [2.75, 3.05) is 5.32 Å². The fraction of sp³-hybridized carbons (Fsp3) is 0.0455. The molecule has 2 aromatic carbocycles. The van der Waals surface area contributed by atoms with Crippen LogP contribution < -0.4 is 10.7 Å². The number of hydrogen-bond donors (Lipinski definition) is 1. The summed E-state index contributed by atoms with van der Waals surface area (Å²) in [4.78, 5) is 29.7. The number of para-hydroxylation sites is 1. The van der Waals surface area contributed by atoms with Gasteiger partial charge in [0.1, 0.15) is 11.6 Å². The summed E-state index contributed by atoms with van der Waals surface area (Å²) in [7, 11) is 0. The van der Waals surface area contributed by atoms with Crippen molar-refractivity contribution in [3.8, 4) is 11.3 Å². The largest absolute Gasteiger partial charge is 0.455 e. The van der Waals surface area contributed by atoms with Gasteiger partial charge in [0.05, 0.1) is 16.0 Å². The van der Waals surface area contributed by atoms with Crippen LogP contribution in [0.4, 0.5) is 5.82 Å². The van der Waals surface area contributed by atoms with E-state index in [9.17, 15) is 9.59 Å². The molecule has 0 atom stereocenters. The highest BCUT2D eigenvalue weighted by atomic mass is 35.5. The minimum Gasteiger partial charge on any atom is -0.455 e. The summed E-state index contributed by atoms with van der Waals surface area (Å²) in [6.07, 6.45) is 1.44. The molecular weight excluding hydrogens is 376 g/mol. The fourth-order valence-corrected chi connectivity index (χ4v) is 3.10. The number of rotatable bonds is 3. The molecule has 0 saturated carbocycles. The lowest BCUT2D eigenvalue weighted by atomic mass is 10.0. The van der Waals surface area contributed by atoms with E-state index in [-0.39, 0.29) is 16.6 Å². The molecule has 0 bridgehead atoms. The van der Waals surface area contributed by atoms with Crippen LogP contribution in [0.5, 0.6) is 0 Å². The lowest BCUT2D eigenvalue weighted by Crippen LogP contribution is -2.15. The van der Waals surface area contributed by atoms with E-state index in [0.29, 0.717) is 27.6 Å². The number of pyridine rings is 1. The zero-order valence-electron chi connectivity index (χ0n) is 14.9. The lowest BCUT2D eigenvalue weighted by Gasteiger charge is -2.10. The minimum atomic E-state index is -0.425. The average molecular weight is 391 g/mol. The van der Waals surface area contributed by atoms with Crippen LogP contribution in [0.15, 0.2) is 76.1 Å². The molecule has 0 radical (unpaired) electrons. The van der Waals surface area contributed by atoms with Gasteiger partial charge in [0, 0.05) is 17.3 Å². The molecule has 1 N–H and O–H groups in total. The number of anilines is 1. The smallest absolute Gasteiger partial charge is 0.260 e. The quantitative estimate of drug-likeness (QED) is 0.530. The molecular formula is C22H15ClN2O3. The predicted molar refractivity (Wildman–Crippen MR) is 110 cm³/mol. The highest BCUT2D eigenvalue weighted by Gasteiger charge is 2.18. The molecule has 6 heteroatoms. The van der Waals surface area contributed by atoms with Crippen LogP contribution in [0, 0.1) is 6.92 Å². The Labute approximate surface area is 165 Å². The highest BCUT2D eigenvalue weighted by Crippen LogP contribution is 2.27. The van der Waals surface area contributed by atoms with Gasteiger partial charge in [0.15, 0.2) is 11.0 Å². The maximum absolute atomic E-state index is 12.9. The van der Waals surface area contributed by atoms with Crippen molar-refractivity contribution in [1.29, 1.82) is 0 Å². The molecule has 1 amide bonds. The van der Waals surface area contributed by atoms with E-state index < -0.39 is 5.91 Å². The van der Waals surface area contributed by atoms with Gasteiger partial charge < -0.3 is 9.73 Å². The van der Waals surface area contributed by atoms with Crippen LogP contribution >= 0.6 is 11.6 Å². The lowest BCUT2D eigenvalue weighted by molar-refractivity contribution is 0.102. The van der Waals surface area contributed by atoms with Gasteiger partial charge in [-0.1, -0.05) is 48.0 Å². The summed E-state index contributed by atoms with van der Waals surface area (Å²) in [5, 5.41) is 3.53. The molecule has 4 rings (SSSR count). The first-order chi connectivity index (χ1) is 13.5. The van der Waals surface area contributed by atoms with E-state index in [1.54, 1.807) is 37.3 Å². The molecule has 0 unspecified atom stereocenters. The first-order valence-corrected chi connectivity index (χ1v) is 8.97. The average Bonchev–Trinajstić information content (AvgIpc) is 2.72. The van der Waals surface area contributed by atoms with Gasteiger partial charge in [-0.05, 0) is 31.2 Å². The number of carbonyl (C=O) groups excluding carboxylic acids is 1. The molecule has 0 aliphatic carbocycles. The fourth-order valence-electron chi connectivity index (χ4n) is 2.99. The van der Waals surface area contributed by atoms with Crippen molar-refractivity contribution in [1.82, 2.24) is 4.98 Å². The predicted octanol–water partition coefficient (Wildman–Crippen LogP) is 5.07. The van der Waals surface area contributed by atoms with Gasteiger partial charge in [-0.2, -0.15) is 0 Å². The van der Waals surface area contributed by atoms with Crippen molar-refractivity contribution >= 4 is 34.3 Å². The third-order valence-electron chi connectivity index (χ3n) is 4.39. The van der Waals surface area contributed by atoms with Gasteiger partial charge in [0.2, 0.25) is 0 Å². The van der Waals surface area contributed by atoms with Crippen LogP contribution in [0.25, 0.3) is 22.3 Å². The molecule has 28 heavy (non-hydrogen) atoms. The Hall–Kier alpha value is -3.44. The molecule has 0 saturated heterocycles. The van der Waals surface area contributed by atoms with Gasteiger partial charge in [-0.25, -0.2) is 4.98 Å². The summed E-state index contributed by atoms with van der Waals surface area (Å²) in [6, 6.07) is 17.5. The Morgan fingerprint density at radius 1 is 1.04 bits per heavy atom. The van der Waals surface area contributed by atoms with E-state index in [4.69, 9.17) is 16.0 Å². The number of nitrogens with zero attached hydrogens (tertiary/aromatic N) is 1. The molecule has 2 aromatic heterocycles. The number of fused-ring (bicyclic) bond motifs is 1. The van der Waals surface area contributed by atoms with Crippen LogP contribution in [-0.2, 0) is 0 Å². The van der Waals surface area contributed by atoms with Gasteiger partial charge in [-0.15, -0.1) is 0 Å². The van der Waals surface area contributed by atoms with Crippen molar-refractivity contribution in [3.63, 3.8) is 0 Å². The van der Waals surface area contributed by atoms with Gasteiger partial charge in [-0.3, -0.25) is 9.59 Å². The summed E-state index contributed by atoms with van der Waals surface area (Å²) in [5.74, 6) is 0.374. The van der Waals surface area contributed by atoms with Crippen molar-refractivity contribution in [2.24, 2.45) is 0 Å². The molecule has 0 spiro atoms. The second-order valence-electron chi connectivity index (χ2n) is 6.25. The molecule has 0 aliphatic heterocycles. The van der Waals surface area contributed by atoms with Crippen LogP contribution in [0.1, 0.15) is 15.9 Å². The standard InChI is InChI=1S/C22H15ClN2O3/c1-13-19(26)16-8-5-9-17(22(27)25-18-11-10-15(23)12-24-18)21(16)28-20(13)14-6-3-2-4-7-14/h2-12H,1H3,(H,24,25,27). The van der Waals surface area contributed by atoms with Crippen molar-refractivity contribution < 1.29 is 9.21 Å². The van der Waals surface area contributed by atoms with Crippen molar-refractivity contribution in [3.05, 3.63) is 93.2 Å². The number of carbonyl (C=O) groups is 1. The first-order valence-electron chi connectivity index (χ1n) is 8.59. The Morgan fingerprint density at radius 3 is 2.54 bits per heavy atom. The number of benzene rings is 2. The Morgan fingerprint density at radius 2 is 1.82 bits per heavy atom. The molecule has 2 heterocycles. The first kappa shape index (κ1) is 17.9. The van der Waals surface area contributed by atoms with E-state index in [1.165, 1.54) is 6.20 Å². The molecule has 0 fully saturated rings. The van der Waals surface area contributed by atoms with E-state index in [1.807, 2.05) is 30.3 Å².